The van der Waals surface area contributed by atoms with E-state index in [2.05, 4.69) is 4.84 Å². The molecule has 0 bridgehead atoms. The zero-order chi connectivity index (χ0) is 15.2. The predicted molar refractivity (Wildman–Crippen MR) is 74.0 cm³/mol. The maximum absolute atomic E-state index is 12.2. The highest BCUT2D eigenvalue weighted by Crippen LogP contribution is 2.24. The maximum atomic E-state index is 12.2. The SMILES string of the molecule is O=C(c1ccccc1)[C@@H](O)[C@H](O[N+](=O)[O-])c1ccccc1. The Hall–Kier alpha value is -2.73. The zero-order valence-electron chi connectivity index (χ0n) is 11.0. The maximum Gasteiger partial charge on any atom is 0.295 e. The minimum Gasteiger partial charge on any atom is -0.382 e. The van der Waals surface area contributed by atoms with Crippen LogP contribution in [0.3, 0.4) is 0 Å². The van der Waals surface area contributed by atoms with Crippen LogP contribution in [0.15, 0.2) is 60.7 Å². The van der Waals surface area contributed by atoms with E-state index in [1.807, 2.05) is 0 Å². The van der Waals surface area contributed by atoms with Gasteiger partial charge in [-0.2, -0.15) is 0 Å². The second-order valence-corrected chi connectivity index (χ2v) is 4.34. The molecule has 0 heterocycles. The van der Waals surface area contributed by atoms with E-state index in [9.17, 15) is 20.0 Å². The number of aliphatic hydroxyl groups excluding tert-OH is 1. The number of carbonyl (C=O) groups is 1. The molecule has 0 spiro atoms. The molecule has 6 heteroatoms. The Labute approximate surface area is 120 Å². The van der Waals surface area contributed by atoms with Gasteiger partial charge in [-0.15, -0.1) is 10.1 Å². The molecule has 2 atom stereocenters. The summed E-state index contributed by atoms with van der Waals surface area (Å²) in [4.78, 5) is 27.3. The fourth-order valence-electron chi connectivity index (χ4n) is 1.95. The summed E-state index contributed by atoms with van der Waals surface area (Å²) in [5.41, 5.74) is 0.615. The average Bonchev–Trinajstić information content (AvgIpc) is 2.53. The molecule has 6 nitrogen and oxygen atoms in total. The van der Waals surface area contributed by atoms with Crippen molar-refractivity contribution in [2.75, 3.05) is 0 Å². The number of Topliss-reactive ketones (excluding diaryl/α,β-unsaturated/α-hetero) is 1. The largest absolute Gasteiger partial charge is 0.382 e. The van der Waals surface area contributed by atoms with Gasteiger partial charge in [0.25, 0.3) is 5.09 Å². The molecule has 0 aromatic heterocycles. The van der Waals surface area contributed by atoms with Gasteiger partial charge < -0.3 is 9.94 Å². The number of hydrogen-bond donors (Lipinski definition) is 1. The molecule has 0 amide bonds. The Bertz CT molecular complexity index is 614. The Morgan fingerprint density at radius 3 is 2.10 bits per heavy atom. The molecule has 0 aliphatic carbocycles. The van der Waals surface area contributed by atoms with Crippen molar-refractivity contribution in [3.8, 4) is 0 Å². The van der Waals surface area contributed by atoms with Gasteiger partial charge in [0.2, 0.25) is 0 Å². The summed E-state index contributed by atoms with van der Waals surface area (Å²) in [5, 5.41) is 19.7. The van der Waals surface area contributed by atoms with Crippen LogP contribution in [0.2, 0.25) is 0 Å². The molecule has 2 rings (SSSR count). The molecule has 0 aliphatic heterocycles. The van der Waals surface area contributed by atoms with Gasteiger partial charge in [-0.05, 0) is 5.56 Å². The quantitative estimate of drug-likeness (QED) is 0.499. The van der Waals surface area contributed by atoms with Crippen LogP contribution >= 0.6 is 0 Å². The second-order valence-electron chi connectivity index (χ2n) is 4.34. The van der Waals surface area contributed by atoms with Gasteiger partial charge in [-0.3, -0.25) is 4.79 Å². The monoisotopic (exact) mass is 287 g/mol. The van der Waals surface area contributed by atoms with Crippen molar-refractivity contribution in [3.05, 3.63) is 81.9 Å². The first-order valence-electron chi connectivity index (χ1n) is 6.23. The Morgan fingerprint density at radius 2 is 1.57 bits per heavy atom. The van der Waals surface area contributed by atoms with E-state index in [4.69, 9.17) is 0 Å². The Balaban J connectivity index is 2.28. The average molecular weight is 287 g/mol. The van der Waals surface area contributed by atoms with Gasteiger partial charge in [-0.1, -0.05) is 60.7 Å². The number of aliphatic hydroxyl groups is 1. The van der Waals surface area contributed by atoms with Crippen LogP contribution in [0.5, 0.6) is 0 Å². The lowest BCUT2D eigenvalue weighted by Gasteiger charge is -2.20. The van der Waals surface area contributed by atoms with E-state index in [0.717, 1.165) is 0 Å². The van der Waals surface area contributed by atoms with Crippen molar-refractivity contribution in [2.24, 2.45) is 0 Å². The smallest absolute Gasteiger partial charge is 0.295 e. The summed E-state index contributed by atoms with van der Waals surface area (Å²) < 4.78 is 0. The third-order valence-electron chi connectivity index (χ3n) is 2.94. The molecule has 21 heavy (non-hydrogen) atoms. The fraction of sp³-hybridized carbons (Fsp3) is 0.133. The summed E-state index contributed by atoms with van der Waals surface area (Å²) in [6.45, 7) is 0. The van der Waals surface area contributed by atoms with E-state index in [-0.39, 0.29) is 5.56 Å². The van der Waals surface area contributed by atoms with E-state index >= 15 is 0 Å². The minimum absolute atomic E-state index is 0.262. The first kappa shape index (κ1) is 14.7. The van der Waals surface area contributed by atoms with E-state index in [1.54, 1.807) is 48.5 Å². The lowest BCUT2D eigenvalue weighted by molar-refractivity contribution is -0.772. The third kappa shape index (κ3) is 3.64. The standard InChI is InChI=1S/C15H13NO5/c17-13(11-7-3-1-4-8-11)14(18)15(21-16(19)20)12-9-5-2-6-10-12/h1-10,14-15,18H/t14-,15-/m1/s1. The normalized spacial score (nSPS) is 13.2. The van der Waals surface area contributed by atoms with Gasteiger partial charge in [-0.25, -0.2) is 0 Å². The molecule has 0 aliphatic rings. The Kier molecular flexibility index (Phi) is 4.63. The lowest BCUT2D eigenvalue weighted by Crippen LogP contribution is -2.31. The molecule has 0 saturated carbocycles. The second kappa shape index (κ2) is 6.62. The molecule has 108 valence electrons. The number of hydrogen-bond acceptors (Lipinski definition) is 5. The van der Waals surface area contributed by atoms with Gasteiger partial charge in [0.05, 0.1) is 0 Å². The molecule has 0 saturated heterocycles. The highest BCUT2D eigenvalue weighted by Gasteiger charge is 2.31. The van der Waals surface area contributed by atoms with Crippen LogP contribution in [0, 0.1) is 10.1 Å². The summed E-state index contributed by atoms with van der Waals surface area (Å²) in [6, 6.07) is 16.2. The van der Waals surface area contributed by atoms with Crippen LogP contribution in [0.25, 0.3) is 0 Å². The third-order valence-corrected chi connectivity index (χ3v) is 2.94. The molecule has 0 radical (unpaired) electrons. The van der Waals surface area contributed by atoms with E-state index in [1.165, 1.54) is 12.1 Å². The van der Waals surface area contributed by atoms with Gasteiger partial charge in [0.1, 0.15) is 6.10 Å². The number of nitrogens with zero attached hydrogens (tertiary/aromatic N) is 1. The fourth-order valence-corrected chi connectivity index (χ4v) is 1.95. The first-order chi connectivity index (χ1) is 10.1. The molecule has 2 aromatic rings. The van der Waals surface area contributed by atoms with Crippen molar-refractivity contribution in [3.63, 3.8) is 0 Å². The van der Waals surface area contributed by atoms with Crippen LogP contribution in [-0.2, 0) is 4.84 Å². The molecule has 1 N–H and O–H groups in total. The Morgan fingerprint density at radius 1 is 1.05 bits per heavy atom. The van der Waals surface area contributed by atoms with Crippen molar-refractivity contribution in [2.45, 2.75) is 12.2 Å². The summed E-state index contributed by atoms with van der Waals surface area (Å²) in [6.07, 6.45) is -3.03. The summed E-state index contributed by atoms with van der Waals surface area (Å²) in [5.74, 6) is -0.633. The van der Waals surface area contributed by atoms with Crippen molar-refractivity contribution in [1.82, 2.24) is 0 Å². The number of ketones is 1. The van der Waals surface area contributed by atoms with Gasteiger partial charge in [0, 0.05) is 5.56 Å². The van der Waals surface area contributed by atoms with E-state index < -0.39 is 23.1 Å². The van der Waals surface area contributed by atoms with Crippen molar-refractivity contribution in [1.29, 1.82) is 0 Å². The number of benzene rings is 2. The summed E-state index contributed by atoms with van der Waals surface area (Å²) in [7, 11) is 0. The van der Waals surface area contributed by atoms with Gasteiger partial charge >= 0.3 is 0 Å². The van der Waals surface area contributed by atoms with E-state index in [0.29, 0.717) is 5.56 Å². The lowest BCUT2D eigenvalue weighted by atomic mass is 9.97. The van der Waals surface area contributed by atoms with Crippen LogP contribution in [0.4, 0.5) is 0 Å². The zero-order valence-corrected chi connectivity index (χ0v) is 11.0. The number of rotatable bonds is 6. The number of carbonyl (C=O) groups excluding carboxylic acids is 1. The van der Waals surface area contributed by atoms with Crippen molar-refractivity contribution < 1.29 is 19.8 Å². The highest BCUT2D eigenvalue weighted by molar-refractivity contribution is 5.99. The van der Waals surface area contributed by atoms with Crippen LogP contribution in [-0.4, -0.2) is 22.1 Å². The van der Waals surface area contributed by atoms with Crippen LogP contribution in [0.1, 0.15) is 22.0 Å². The highest BCUT2D eigenvalue weighted by atomic mass is 17.0. The molecular weight excluding hydrogens is 274 g/mol. The minimum atomic E-state index is -1.67. The van der Waals surface area contributed by atoms with Crippen molar-refractivity contribution >= 4 is 5.78 Å². The molecule has 2 aromatic carbocycles. The van der Waals surface area contributed by atoms with Gasteiger partial charge in [0.15, 0.2) is 11.9 Å². The molecule has 0 fully saturated rings. The van der Waals surface area contributed by atoms with Crippen LogP contribution < -0.4 is 0 Å². The topological polar surface area (TPSA) is 89.7 Å². The molecule has 0 unspecified atom stereocenters. The summed E-state index contributed by atoms with van der Waals surface area (Å²) >= 11 is 0. The predicted octanol–water partition coefficient (Wildman–Crippen LogP) is 2.18. The molecular formula is C15H13NO5. The first-order valence-corrected chi connectivity index (χ1v) is 6.23.